The number of piperazine rings is 1. The van der Waals surface area contributed by atoms with Gasteiger partial charge in [0.1, 0.15) is 0 Å². The Labute approximate surface area is 151 Å². The molecule has 3 aliphatic rings. The molecule has 0 aromatic carbocycles. The van der Waals surface area contributed by atoms with E-state index in [9.17, 15) is 9.59 Å². The van der Waals surface area contributed by atoms with E-state index < -0.39 is 0 Å². The van der Waals surface area contributed by atoms with Crippen LogP contribution >= 0.6 is 0 Å². The summed E-state index contributed by atoms with van der Waals surface area (Å²) in [4.78, 5) is 31.1. The maximum absolute atomic E-state index is 12.6. The molecule has 6 heteroatoms. The average Bonchev–Trinajstić information content (AvgIpc) is 2.97. The molecule has 2 atom stereocenters. The number of fused-ring (bicyclic) bond motifs is 2. The van der Waals surface area contributed by atoms with Gasteiger partial charge in [-0.05, 0) is 44.7 Å². The molecule has 2 amide bonds. The summed E-state index contributed by atoms with van der Waals surface area (Å²) < 4.78 is 0. The third kappa shape index (κ3) is 4.73. The van der Waals surface area contributed by atoms with Gasteiger partial charge in [-0.25, -0.2) is 0 Å². The van der Waals surface area contributed by atoms with Gasteiger partial charge in [-0.2, -0.15) is 0 Å². The summed E-state index contributed by atoms with van der Waals surface area (Å²) >= 11 is 0. The van der Waals surface area contributed by atoms with Gasteiger partial charge in [0.2, 0.25) is 11.8 Å². The number of nitrogens with one attached hydrogen (secondary N) is 1. The van der Waals surface area contributed by atoms with Crippen LogP contribution in [0.15, 0.2) is 0 Å². The molecule has 3 fully saturated rings. The Balaban J connectivity index is 1.41. The molecule has 3 rings (SSSR count). The Morgan fingerprint density at radius 2 is 1.44 bits per heavy atom. The van der Waals surface area contributed by atoms with Crippen LogP contribution in [0.25, 0.3) is 0 Å². The molecule has 1 N–H and O–H groups in total. The van der Waals surface area contributed by atoms with Crippen molar-refractivity contribution in [2.24, 2.45) is 5.92 Å². The normalized spacial score (nSPS) is 29.3. The first-order chi connectivity index (χ1) is 12.1. The van der Waals surface area contributed by atoms with Crippen LogP contribution in [-0.4, -0.2) is 84.4 Å². The minimum absolute atomic E-state index is 0.200. The van der Waals surface area contributed by atoms with Crippen molar-refractivity contribution >= 4 is 11.8 Å². The Morgan fingerprint density at radius 3 is 1.96 bits per heavy atom. The molecule has 3 aliphatic heterocycles. The summed E-state index contributed by atoms with van der Waals surface area (Å²) in [5.41, 5.74) is 0. The third-order valence-corrected chi connectivity index (χ3v) is 6.27. The quantitative estimate of drug-likeness (QED) is 0.774. The van der Waals surface area contributed by atoms with Crippen LogP contribution in [0.4, 0.5) is 0 Å². The van der Waals surface area contributed by atoms with Crippen LogP contribution in [0.3, 0.4) is 0 Å². The highest BCUT2D eigenvalue weighted by Crippen LogP contribution is 2.33. The van der Waals surface area contributed by atoms with Gasteiger partial charge >= 0.3 is 0 Å². The van der Waals surface area contributed by atoms with Crippen LogP contribution < -0.4 is 5.32 Å². The monoisotopic (exact) mass is 350 g/mol. The lowest BCUT2D eigenvalue weighted by Crippen LogP contribution is -2.53. The number of likely N-dealkylation sites (N-methyl/N-ethyl adjacent to an activating group) is 1. The van der Waals surface area contributed by atoms with Crippen LogP contribution in [0.5, 0.6) is 0 Å². The van der Waals surface area contributed by atoms with Crippen molar-refractivity contribution in [3.05, 3.63) is 0 Å². The molecule has 0 spiro atoms. The Hall–Kier alpha value is -1.14. The maximum atomic E-state index is 12.6. The molecular weight excluding hydrogens is 316 g/mol. The maximum Gasteiger partial charge on any atom is 0.236 e. The lowest BCUT2D eigenvalue weighted by Gasteiger charge is -2.37. The van der Waals surface area contributed by atoms with E-state index in [-0.39, 0.29) is 5.91 Å². The van der Waals surface area contributed by atoms with E-state index in [0.717, 1.165) is 25.9 Å². The SMILES string of the molecule is CCN(CC)CC(=O)N1CCN(C(=O)CC2CC3CCC(C2)N3)CC1. The van der Waals surface area contributed by atoms with Crippen LogP contribution in [0, 0.1) is 5.92 Å². The molecule has 2 unspecified atom stereocenters. The van der Waals surface area contributed by atoms with Crippen molar-refractivity contribution in [3.63, 3.8) is 0 Å². The van der Waals surface area contributed by atoms with Crippen molar-refractivity contribution in [1.29, 1.82) is 0 Å². The first kappa shape index (κ1) is 18.6. The molecule has 0 saturated carbocycles. The minimum atomic E-state index is 0.200. The number of nitrogens with zero attached hydrogens (tertiary/aromatic N) is 3. The summed E-state index contributed by atoms with van der Waals surface area (Å²) in [5, 5.41) is 3.64. The van der Waals surface area contributed by atoms with E-state index in [1.165, 1.54) is 12.8 Å². The first-order valence-electron chi connectivity index (χ1n) is 10.1. The molecule has 3 heterocycles. The predicted molar refractivity (Wildman–Crippen MR) is 98.2 cm³/mol. The van der Waals surface area contributed by atoms with E-state index in [1.54, 1.807) is 0 Å². The third-order valence-electron chi connectivity index (χ3n) is 6.27. The van der Waals surface area contributed by atoms with Crippen molar-refractivity contribution in [2.45, 2.75) is 58.0 Å². The zero-order valence-electron chi connectivity index (χ0n) is 15.9. The molecule has 142 valence electrons. The second-order valence-electron chi connectivity index (χ2n) is 7.90. The number of hydrogen-bond donors (Lipinski definition) is 1. The number of amides is 2. The largest absolute Gasteiger partial charge is 0.339 e. The number of hydrogen-bond acceptors (Lipinski definition) is 4. The van der Waals surface area contributed by atoms with Crippen molar-refractivity contribution in [1.82, 2.24) is 20.0 Å². The van der Waals surface area contributed by atoms with E-state index >= 15 is 0 Å². The fourth-order valence-electron chi connectivity index (χ4n) is 4.66. The molecule has 6 nitrogen and oxygen atoms in total. The number of carbonyl (C=O) groups excluding carboxylic acids is 2. The van der Waals surface area contributed by atoms with Gasteiger partial charge in [0.25, 0.3) is 0 Å². The summed E-state index contributed by atoms with van der Waals surface area (Å²) in [6.07, 6.45) is 5.57. The Kier molecular flexibility index (Phi) is 6.34. The second-order valence-corrected chi connectivity index (χ2v) is 7.90. The van der Waals surface area contributed by atoms with Gasteiger partial charge in [0.05, 0.1) is 6.54 Å². The standard InChI is InChI=1S/C19H34N4O2/c1-3-21(4-2)14-19(25)23-9-7-22(8-10-23)18(24)13-15-11-16-5-6-17(12-15)20-16/h15-17,20H,3-14H2,1-2H3. The van der Waals surface area contributed by atoms with Crippen LogP contribution in [0.2, 0.25) is 0 Å². The highest BCUT2D eigenvalue weighted by molar-refractivity contribution is 5.79. The van der Waals surface area contributed by atoms with Crippen molar-refractivity contribution in [2.75, 3.05) is 45.8 Å². The lowest BCUT2D eigenvalue weighted by molar-refractivity contribution is -0.140. The molecule has 0 aliphatic carbocycles. The zero-order chi connectivity index (χ0) is 17.8. The Bertz CT molecular complexity index is 460. The summed E-state index contributed by atoms with van der Waals surface area (Å²) in [5.74, 6) is 1.04. The predicted octanol–water partition coefficient (Wildman–Crippen LogP) is 0.920. The van der Waals surface area contributed by atoms with E-state index in [1.807, 2.05) is 9.80 Å². The van der Waals surface area contributed by atoms with E-state index in [4.69, 9.17) is 0 Å². The number of carbonyl (C=O) groups is 2. The summed E-state index contributed by atoms with van der Waals surface area (Å²) in [6.45, 7) is 9.23. The van der Waals surface area contributed by atoms with Crippen LogP contribution in [-0.2, 0) is 9.59 Å². The van der Waals surface area contributed by atoms with Gasteiger partial charge in [0.15, 0.2) is 0 Å². The molecular formula is C19H34N4O2. The van der Waals surface area contributed by atoms with Crippen molar-refractivity contribution in [3.8, 4) is 0 Å². The summed E-state index contributed by atoms with van der Waals surface area (Å²) in [7, 11) is 0. The lowest BCUT2D eigenvalue weighted by atomic mass is 9.89. The topological polar surface area (TPSA) is 55.9 Å². The molecule has 25 heavy (non-hydrogen) atoms. The smallest absolute Gasteiger partial charge is 0.236 e. The van der Waals surface area contributed by atoms with Crippen LogP contribution in [0.1, 0.15) is 46.0 Å². The summed E-state index contributed by atoms with van der Waals surface area (Å²) in [6, 6.07) is 1.29. The molecule has 0 aromatic heterocycles. The van der Waals surface area contributed by atoms with Gasteiger partial charge in [0, 0.05) is 44.7 Å². The van der Waals surface area contributed by atoms with E-state index in [0.29, 0.717) is 63.1 Å². The highest BCUT2D eigenvalue weighted by atomic mass is 16.2. The fourth-order valence-corrected chi connectivity index (χ4v) is 4.66. The molecule has 0 radical (unpaired) electrons. The van der Waals surface area contributed by atoms with Gasteiger partial charge in [-0.15, -0.1) is 0 Å². The number of rotatable bonds is 6. The minimum Gasteiger partial charge on any atom is -0.339 e. The molecule has 2 bridgehead atoms. The molecule has 0 aromatic rings. The van der Waals surface area contributed by atoms with E-state index in [2.05, 4.69) is 24.1 Å². The number of piperidine rings is 1. The van der Waals surface area contributed by atoms with Gasteiger partial charge in [-0.3, -0.25) is 14.5 Å². The zero-order valence-corrected chi connectivity index (χ0v) is 15.9. The Morgan fingerprint density at radius 1 is 0.920 bits per heavy atom. The van der Waals surface area contributed by atoms with Gasteiger partial charge < -0.3 is 15.1 Å². The van der Waals surface area contributed by atoms with Crippen molar-refractivity contribution < 1.29 is 9.59 Å². The van der Waals surface area contributed by atoms with Gasteiger partial charge in [-0.1, -0.05) is 13.8 Å². The fraction of sp³-hybridized carbons (Fsp3) is 0.895. The molecule has 3 saturated heterocycles. The first-order valence-corrected chi connectivity index (χ1v) is 10.1. The highest BCUT2D eigenvalue weighted by Gasteiger charge is 2.35. The second kappa shape index (κ2) is 8.49. The average molecular weight is 351 g/mol.